The van der Waals surface area contributed by atoms with Crippen molar-refractivity contribution in [3.63, 3.8) is 0 Å². The molecule has 3 nitrogen and oxygen atoms in total. The Bertz CT molecular complexity index is 1340. The van der Waals surface area contributed by atoms with E-state index in [1.54, 1.807) is 6.92 Å². The van der Waals surface area contributed by atoms with Crippen molar-refractivity contribution < 1.29 is 24.9 Å². The number of Topliss-reactive ketones (excluding diaryl/α,β-unsaturated/α-hetero) is 1. The van der Waals surface area contributed by atoms with Gasteiger partial charge < -0.3 is 14.8 Å². The number of H-pyrrole nitrogens is 2. The van der Waals surface area contributed by atoms with Crippen LogP contribution in [-0.2, 0) is 24.9 Å². The summed E-state index contributed by atoms with van der Waals surface area (Å²) >= 11 is 0. The molecule has 0 bridgehead atoms. The first kappa shape index (κ1) is 27.9. The summed E-state index contributed by atoms with van der Waals surface area (Å²) in [6, 6.07) is 41.8. The van der Waals surface area contributed by atoms with E-state index in [1.807, 2.05) is 31.2 Å². The summed E-state index contributed by atoms with van der Waals surface area (Å²) in [7, 11) is 0. The quantitative estimate of drug-likeness (QED) is 0.194. The Labute approximate surface area is 232 Å². The molecule has 0 aliphatic heterocycles. The van der Waals surface area contributed by atoms with Gasteiger partial charge in [0.25, 0.3) is 0 Å². The Morgan fingerprint density at radius 2 is 0.973 bits per heavy atom. The van der Waals surface area contributed by atoms with E-state index in [-0.39, 0.29) is 25.9 Å². The van der Waals surface area contributed by atoms with Crippen LogP contribution in [0, 0.1) is 0 Å². The third-order valence-corrected chi connectivity index (χ3v) is 5.83. The number of ketones is 1. The first-order valence-corrected chi connectivity index (χ1v) is 12.4. The third-order valence-electron chi connectivity index (χ3n) is 5.83. The second kappa shape index (κ2) is 14.1. The average molecular weight is 665 g/mol. The van der Waals surface area contributed by atoms with Crippen molar-refractivity contribution in [2.24, 2.45) is 0 Å². The van der Waals surface area contributed by atoms with E-state index < -0.39 is 0 Å². The Morgan fingerprint density at radius 1 is 0.595 bits per heavy atom. The number of fused-ring (bicyclic) bond motifs is 2. The van der Waals surface area contributed by atoms with Gasteiger partial charge in [0, 0.05) is 59.7 Å². The Kier molecular flexibility index (Phi) is 10.6. The molecular weight excluding hydrogens is 633 g/mol. The standard InChI is InChI=1S/2C14H11N.C5H10O.Ir/c2*1-2-6-11(7-3-1)14-10-12-8-4-5-9-13(12)15-14;1-3-4-5(2)6;/h2*1-10,15H;3-4H2,1-2H3;. The fraction of sp³-hybridized carbons (Fsp3) is 0.121. The maximum atomic E-state index is 10.0. The summed E-state index contributed by atoms with van der Waals surface area (Å²) in [5.74, 6) is 0.289. The maximum absolute atomic E-state index is 10.0. The van der Waals surface area contributed by atoms with Gasteiger partial charge in [-0.2, -0.15) is 0 Å². The summed E-state index contributed by atoms with van der Waals surface area (Å²) in [5.41, 5.74) is 7.20. The van der Waals surface area contributed by atoms with Crippen LogP contribution in [0.1, 0.15) is 26.7 Å². The van der Waals surface area contributed by atoms with E-state index in [4.69, 9.17) is 0 Å². The van der Waals surface area contributed by atoms with Crippen LogP contribution in [0.3, 0.4) is 0 Å². The molecule has 4 aromatic carbocycles. The van der Waals surface area contributed by atoms with Crippen molar-refractivity contribution in [2.75, 3.05) is 0 Å². The van der Waals surface area contributed by atoms with Crippen LogP contribution in [0.4, 0.5) is 0 Å². The van der Waals surface area contributed by atoms with Crippen LogP contribution in [0.25, 0.3) is 44.3 Å². The van der Waals surface area contributed by atoms with Gasteiger partial charge in [-0.25, -0.2) is 0 Å². The molecular formula is C33H32IrN2O. The molecule has 0 unspecified atom stereocenters. The minimum absolute atomic E-state index is 0. The number of benzene rings is 4. The number of hydrogen-bond acceptors (Lipinski definition) is 1. The molecule has 2 heterocycles. The molecule has 1 radical (unpaired) electrons. The number of aromatic nitrogens is 2. The first-order chi connectivity index (χ1) is 17.6. The van der Waals surface area contributed by atoms with Crippen LogP contribution in [0.15, 0.2) is 121 Å². The maximum Gasteiger partial charge on any atom is 0.129 e. The molecule has 6 aromatic rings. The summed E-state index contributed by atoms with van der Waals surface area (Å²) in [4.78, 5) is 16.9. The van der Waals surface area contributed by atoms with Gasteiger partial charge in [-0.05, 0) is 48.7 Å². The average Bonchev–Trinajstić information content (AvgIpc) is 3.55. The number of nitrogens with one attached hydrogen (secondary N) is 2. The molecule has 2 N–H and O–H groups in total. The summed E-state index contributed by atoms with van der Waals surface area (Å²) in [6.45, 7) is 3.62. The zero-order valence-corrected chi connectivity index (χ0v) is 23.6. The smallest absolute Gasteiger partial charge is 0.129 e. The van der Waals surface area contributed by atoms with Gasteiger partial charge in [0.05, 0.1) is 0 Å². The molecule has 0 spiro atoms. The van der Waals surface area contributed by atoms with Crippen LogP contribution in [0.2, 0.25) is 0 Å². The SMILES string of the molecule is CCCC(C)=O.[Ir].c1ccc(-c2cc3ccccc3[nH]2)cc1.c1ccc(-c2cc3ccccc3[nH]2)cc1. The summed E-state index contributed by atoms with van der Waals surface area (Å²) in [6.07, 6.45) is 1.72. The van der Waals surface area contributed by atoms with Crippen molar-refractivity contribution >= 4 is 27.6 Å². The van der Waals surface area contributed by atoms with Gasteiger partial charge in [0.15, 0.2) is 0 Å². The Balaban J connectivity index is 0.000000166. The van der Waals surface area contributed by atoms with Gasteiger partial charge in [-0.1, -0.05) is 104 Å². The Hall–Kier alpha value is -3.72. The molecule has 0 atom stereocenters. The second-order valence-electron chi connectivity index (χ2n) is 8.72. The van der Waals surface area contributed by atoms with Crippen molar-refractivity contribution in [1.82, 2.24) is 9.97 Å². The van der Waals surface area contributed by atoms with Crippen molar-refractivity contribution in [2.45, 2.75) is 26.7 Å². The van der Waals surface area contributed by atoms with Crippen molar-refractivity contribution in [1.29, 1.82) is 0 Å². The minimum atomic E-state index is 0. The van der Waals surface area contributed by atoms with Crippen molar-refractivity contribution in [3.8, 4) is 22.5 Å². The van der Waals surface area contributed by atoms with E-state index in [2.05, 4.69) is 107 Å². The van der Waals surface area contributed by atoms with E-state index in [9.17, 15) is 4.79 Å². The molecule has 37 heavy (non-hydrogen) atoms. The summed E-state index contributed by atoms with van der Waals surface area (Å²) < 4.78 is 0. The largest absolute Gasteiger partial charge is 0.355 e. The normalized spacial score (nSPS) is 10.0. The zero-order chi connectivity index (χ0) is 25.2. The first-order valence-electron chi connectivity index (χ1n) is 12.4. The number of carbonyl (C=O) groups excluding carboxylic acids is 1. The molecule has 0 aliphatic rings. The second-order valence-corrected chi connectivity index (χ2v) is 8.72. The molecule has 0 saturated heterocycles. The van der Waals surface area contributed by atoms with Gasteiger partial charge in [0.1, 0.15) is 5.78 Å². The number of rotatable bonds is 4. The van der Waals surface area contributed by atoms with Gasteiger partial charge >= 0.3 is 0 Å². The molecule has 189 valence electrons. The topological polar surface area (TPSA) is 48.6 Å². The van der Waals surface area contributed by atoms with Gasteiger partial charge in [-0.15, -0.1) is 0 Å². The van der Waals surface area contributed by atoms with Gasteiger partial charge in [-0.3, -0.25) is 0 Å². The number of hydrogen-bond donors (Lipinski definition) is 2. The van der Waals surface area contributed by atoms with E-state index in [1.165, 1.54) is 44.3 Å². The molecule has 2 aromatic heterocycles. The Morgan fingerprint density at radius 3 is 1.30 bits per heavy atom. The van der Waals surface area contributed by atoms with E-state index in [0.717, 1.165) is 12.8 Å². The monoisotopic (exact) mass is 665 g/mol. The minimum Gasteiger partial charge on any atom is -0.355 e. The molecule has 4 heteroatoms. The summed E-state index contributed by atoms with van der Waals surface area (Å²) in [5, 5.41) is 2.52. The van der Waals surface area contributed by atoms with Crippen LogP contribution in [0.5, 0.6) is 0 Å². The fourth-order valence-corrected chi connectivity index (χ4v) is 4.05. The van der Waals surface area contributed by atoms with Crippen LogP contribution < -0.4 is 0 Å². The fourth-order valence-electron chi connectivity index (χ4n) is 4.05. The van der Waals surface area contributed by atoms with Crippen molar-refractivity contribution in [3.05, 3.63) is 121 Å². The van der Waals surface area contributed by atoms with Gasteiger partial charge in [0.2, 0.25) is 0 Å². The predicted molar refractivity (Wildman–Crippen MR) is 153 cm³/mol. The number of para-hydroxylation sites is 2. The van der Waals surface area contributed by atoms with Crippen LogP contribution >= 0.6 is 0 Å². The molecule has 0 amide bonds. The predicted octanol–water partition coefficient (Wildman–Crippen LogP) is 9.04. The molecule has 0 saturated carbocycles. The zero-order valence-electron chi connectivity index (χ0n) is 21.2. The van der Waals surface area contributed by atoms with Crippen LogP contribution in [-0.4, -0.2) is 15.8 Å². The van der Waals surface area contributed by atoms with E-state index >= 15 is 0 Å². The molecule has 0 aliphatic carbocycles. The number of carbonyl (C=O) groups is 1. The van der Waals surface area contributed by atoms with E-state index in [0.29, 0.717) is 0 Å². The number of aromatic amines is 2. The molecule has 0 fully saturated rings. The third kappa shape index (κ3) is 7.88. The molecule has 6 rings (SSSR count).